The van der Waals surface area contributed by atoms with Crippen LogP contribution in [0.1, 0.15) is 11.1 Å². The summed E-state index contributed by atoms with van der Waals surface area (Å²) in [5, 5.41) is 10.4. The number of para-hydroxylation sites is 1. The van der Waals surface area contributed by atoms with Crippen LogP contribution < -0.4 is 4.90 Å². The molecule has 0 unspecified atom stereocenters. The summed E-state index contributed by atoms with van der Waals surface area (Å²) in [6, 6.07) is 14.1. The predicted molar refractivity (Wildman–Crippen MR) is 82.8 cm³/mol. The highest BCUT2D eigenvalue weighted by atomic mass is 15.1. The first-order valence-electron chi connectivity index (χ1n) is 6.67. The van der Waals surface area contributed by atoms with E-state index in [1.807, 2.05) is 43.4 Å². The van der Waals surface area contributed by atoms with Gasteiger partial charge in [-0.05, 0) is 23.8 Å². The van der Waals surface area contributed by atoms with Crippen molar-refractivity contribution >= 4 is 16.6 Å². The Balaban J connectivity index is 2.08. The molecule has 0 saturated heterocycles. The average molecular weight is 274 g/mol. The summed E-state index contributed by atoms with van der Waals surface area (Å²) in [5.74, 6) is 0. The first kappa shape index (κ1) is 13.1. The molecule has 0 aliphatic heterocycles. The van der Waals surface area contributed by atoms with E-state index in [2.05, 4.69) is 20.9 Å². The third-order valence-corrected chi connectivity index (χ3v) is 3.42. The number of hydrogen-bond donors (Lipinski definition) is 0. The van der Waals surface area contributed by atoms with Gasteiger partial charge in [-0.25, -0.2) is 0 Å². The topological polar surface area (TPSA) is 52.8 Å². The Kier molecular flexibility index (Phi) is 3.48. The Morgan fingerprint density at radius 1 is 1.14 bits per heavy atom. The van der Waals surface area contributed by atoms with Crippen LogP contribution in [0, 0.1) is 11.3 Å². The zero-order valence-electron chi connectivity index (χ0n) is 11.7. The van der Waals surface area contributed by atoms with Gasteiger partial charge in [0, 0.05) is 37.6 Å². The molecule has 3 aromatic rings. The lowest BCUT2D eigenvalue weighted by Crippen LogP contribution is -2.18. The van der Waals surface area contributed by atoms with E-state index in [0.29, 0.717) is 12.1 Å². The maximum Gasteiger partial charge on any atom is 0.103 e. The predicted octanol–water partition coefficient (Wildman–Crippen LogP) is 3.14. The van der Waals surface area contributed by atoms with Gasteiger partial charge < -0.3 is 4.90 Å². The number of aromatic nitrogens is 2. The van der Waals surface area contributed by atoms with Crippen LogP contribution in [-0.2, 0) is 6.54 Å². The van der Waals surface area contributed by atoms with Crippen LogP contribution in [0.5, 0.6) is 0 Å². The van der Waals surface area contributed by atoms with Gasteiger partial charge >= 0.3 is 0 Å². The molecule has 0 N–H and O–H groups in total. The van der Waals surface area contributed by atoms with Gasteiger partial charge in [-0.3, -0.25) is 9.97 Å². The van der Waals surface area contributed by atoms with Crippen molar-refractivity contribution in [3.8, 4) is 6.07 Å². The number of nitriles is 1. The van der Waals surface area contributed by atoms with Crippen LogP contribution in [0.2, 0.25) is 0 Å². The maximum absolute atomic E-state index is 9.37. The summed E-state index contributed by atoms with van der Waals surface area (Å²) in [5.41, 5.74) is 3.55. The Bertz CT molecular complexity index is 806. The summed E-state index contributed by atoms with van der Waals surface area (Å²) in [6.45, 7) is 0.713. The molecule has 0 atom stereocenters. The summed E-state index contributed by atoms with van der Waals surface area (Å²) in [7, 11) is 1.99. The van der Waals surface area contributed by atoms with Gasteiger partial charge in [-0.15, -0.1) is 0 Å². The molecule has 0 aliphatic carbocycles. The van der Waals surface area contributed by atoms with Gasteiger partial charge in [-0.2, -0.15) is 5.26 Å². The average Bonchev–Trinajstić information content (AvgIpc) is 2.54. The Morgan fingerprint density at radius 2 is 1.90 bits per heavy atom. The summed E-state index contributed by atoms with van der Waals surface area (Å²) in [4.78, 5) is 10.5. The maximum atomic E-state index is 9.37. The molecule has 0 fully saturated rings. The molecule has 2 heterocycles. The molecule has 0 radical (unpaired) electrons. The molecule has 0 aliphatic rings. The van der Waals surface area contributed by atoms with Gasteiger partial charge in [0.05, 0.1) is 16.8 Å². The quantitative estimate of drug-likeness (QED) is 0.736. The number of anilines is 1. The van der Waals surface area contributed by atoms with Crippen molar-refractivity contribution in [1.29, 1.82) is 5.26 Å². The molecule has 0 amide bonds. The Labute approximate surface area is 123 Å². The number of nitrogens with zero attached hydrogens (tertiary/aromatic N) is 4. The molecule has 1 aromatic carbocycles. The molecule has 4 nitrogen and oxygen atoms in total. The highest BCUT2D eigenvalue weighted by Crippen LogP contribution is 2.29. The van der Waals surface area contributed by atoms with E-state index >= 15 is 0 Å². The van der Waals surface area contributed by atoms with Gasteiger partial charge in [0.15, 0.2) is 0 Å². The molecule has 102 valence electrons. The summed E-state index contributed by atoms with van der Waals surface area (Å²) < 4.78 is 0. The number of rotatable bonds is 3. The standard InChI is InChI=1S/C17H14N4/c1-21(12-13-6-8-19-9-7-13)17-14(10-18)11-20-16-5-3-2-4-15(16)17/h2-9,11H,12H2,1H3. The molecule has 2 aromatic heterocycles. The van der Waals surface area contributed by atoms with E-state index in [9.17, 15) is 5.26 Å². The number of hydrogen-bond acceptors (Lipinski definition) is 4. The fourth-order valence-electron chi connectivity index (χ4n) is 2.46. The highest BCUT2D eigenvalue weighted by Gasteiger charge is 2.13. The molecule has 0 saturated carbocycles. The molecule has 0 spiro atoms. The smallest absolute Gasteiger partial charge is 0.103 e. The lowest BCUT2D eigenvalue weighted by Gasteiger charge is -2.22. The van der Waals surface area contributed by atoms with Crippen LogP contribution in [0.15, 0.2) is 55.0 Å². The van der Waals surface area contributed by atoms with Crippen molar-refractivity contribution in [1.82, 2.24) is 9.97 Å². The van der Waals surface area contributed by atoms with E-state index < -0.39 is 0 Å². The lowest BCUT2D eigenvalue weighted by molar-refractivity contribution is 0.921. The zero-order valence-corrected chi connectivity index (χ0v) is 11.7. The van der Waals surface area contributed by atoms with E-state index in [1.54, 1.807) is 18.6 Å². The molecular formula is C17H14N4. The minimum absolute atomic E-state index is 0.588. The second-order valence-corrected chi connectivity index (χ2v) is 4.86. The van der Waals surface area contributed by atoms with Crippen molar-refractivity contribution in [2.75, 3.05) is 11.9 Å². The van der Waals surface area contributed by atoms with Gasteiger partial charge in [0.2, 0.25) is 0 Å². The monoisotopic (exact) mass is 274 g/mol. The minimum atomic E-state index is 0.588. The number of pyridine rings is 2. The Hall–Kier alpha value is -2.93. The highest BCUT2D eigenvalue weighted by molar-refractivity contribution is 5.94. The lowest BCUT2D eigenvalue weighted by atomic mass is 10.1. The van der Waals surface area contributed by atoms with E-state index in [-0.39, 0.29) is 0 Å². The van der Waals surface area contributed by atoms with Crippen molar-refractivity contribution in [3.05, 3.63) is 66.1 Å². The van der Waals surface area contributed by atoms with E-state index in [0.717, 1.165) is 22.2 Å². The van der Waals surface area contributed by atoms with Crippen LogP contribution in [0.3, 0.4) is 0 Å². The van der Waals surface area contributed by atoms with Gasteiger partial charge in [0.1, 0.15) is 6.07 Å². The second kappa shape index (κ2) is 5.59. The third kappa shape index (κ3) is 2.54. The van der Waals surface area contributed by atoms with Crippen molar-refractivity contribution in [3.63, 3.8) is 0 Å². The molecule has 21 heavy (non-hydrogen) atoms. The summed E-state index contributed by atoms with van der Waals surface area (Å²) >= 11 is 0. The van der Waals surface area contributed by atoms with Crippen LogP contribution in [0.4, 0.5) is 5.69 Å². The number of benzene rings is 1. The summed E-state index contributed by atoms with van der Waals surface area (Å²) in [6.07, 6.45) is 5.19. The minimum Gasteiger partial charge on any atom is -0.369 e. The van der Waals surface area contributed by atoms with Crippen LogP contribution in [0.25, 0.3) is 10.9 Å². The van der Waals surface area contributed by atoms with Gasteiger partial charge in [0.25, 0.3) is 0 Å². The fourth-order valence-corrected chi connectivity index (χ4v) is 2.46. The van der Waals surface area contributed by atoms with Crippen molar-refractivity contribution in [2.45, 2.75) is 6.54 Å². The van der Waals surface area contributed by atoms with Crippen LogP contribution in [-0.4, -0.2) is 17.0 Å². The SMILES string of the molecule is CN(Cc1ccncc1)c1c(C#N)cnc2ccccc12. The third-order valence-electron chi connectivity index (χ3n) is 3.42. The van der Waals surface area contributed by atoms with Crippen molar-refractivity contribution in [2.24, 2.45) is 0 Å². The molecule has 0 bridgehead atoms. The first-order chi connectivity index (χ1) is 10.3. The molecular weight excluding hydrogens is 260 g/mol. The fraction of sp³-hybridized carbons (Fsp3) is 0.118. The number of fused-ring (bicyclic) bond motifs is 1. The largest absolute Gasteiger partial charge is 0.369 e. The Morgan fingerprint density at radius 3 is 2.67 bits per heavy atom. The van der Waals surface area contributed by atoms with Crippen molar-refractivity contribution < 1.29 is 0 Å². The normalized spacial score (nSPS) is 10.3. The molecule has 4 heteroatoms. The van der Waals surface area contributed by atoms with E-state index in [1.165, 1.54) is 0 Å². The first-order valence-corrected chi connectivity index (χ1v) is 6.67. The molecule has 3 rings (SSSR count). The van der Waals surface area contributed by atoms with E-state index in [4.69, 9.17) is 0 Å². The van der Waals surface area contributed by atoms with Gasteiger partial charge in [-0.1, -0.05) is 18.2 Å². The second-order valence-electron chi connectivity index (χ2n) is 4.86. The zero-order chi connectivity index (χ0) is 14.7. The van der Waals surface area contributed by atoms with Crippen LogP contribution >= 0.6 is 0 Å².